The Morgan fingerprint density at radius 1 is 1.39 bits per heavy atom. The molecule has 0 amide bonds. The van der Waals surface area contributed by atoms with Gasteiger partial charge in [-0.15, -0.1) is 0 Å². The third-order valence-electron chi connectivity index (χ3n) is 3.03. The van der Waals surface area contributed by atoms with Crippen molar-refractivity contribution < 1.29 is 9.18 Å². The molecule has 18 heavy (non-hydrogen) atoms. The largest absolute Gasteiger partial charge is 0.314 e. The van der Waals surface area contributed by atoms with Crippen molar-refractivity contribution in [2.75, 3.05) is 32.7 Å². The quantitative estimate of drug-likeness (QED) is 0.916. The SMILES string of the molecule is O=C(Cc1cccc(F)c1Br)CN1CCNCC1. The van der Waals surface area contributed by atoms with Gasteiger partial charge in [-0.25, -0.2) is 4.39 Å². The minimum atomic E-state index is -0.317. The number of hydrogen-bond acceptors (Lipinski definition) is 3. The molecule has 0 radical (unpaired) electrons. The average Bonchev–Trinajstić information content (AvgIpc) is 2.36. The van der Waals surface area contributed by atoms with E-state index in [9.17, 15) is 9.18 Å². The van der Waals surface area contributed by atoms with Crippen molar-refractivity contribution in [3.8, 4) is 0 Å². The molecule has 0 spiro atoms. The normalized spacial score (nSPS) is 16.8. The molecule has 1 fully saturated rings. The van der Waals surface area contributed by atoms with Gasteiger partial charge in [0.2, 0.25) is 0 Å². The molecule has 0 unspecified atom stereocenters. The third-order valence-corrected chi connectivity index (χ3v) is 3.92. The van der Waals surface area contributed by atoms with Crippen LogP contribution in [0, 0.1) is 5.82 Å². The lowest BCUT2D eigenvalue weighted by molar-refractivity contribution is -0.119. The van der Waals surface area contributed by atoms with Crippen LogP contribution in [0.15, 0.2) is 22.7 Å². The zero-order chi connectivity index (χ0) is 13.0. The second-order valence-corrected chi connectivity index (χ2v) is 5.25. The Kier molecular flexibility index (Phi) is 4.86. The molecule has 1 aliphatic heterocycles. The smallest absolute Gasteiger partial charge is 0.151 e. The predicted molar refractivity (Wildman–Crippen MR) is 72.1 cm³/mol. The lowest BCUT2D eigenvalue weighted by Gasteiger charge is -2.26. The van der Waals surface area contributed by atoms with Crippen LogP contribution in [-0.4, -0.2) is 43.4 Å². The first-order valence-corrected chi connectivity index (χ1v) is 6.84. The minimum Gasteiger partial charge on any atom is -0.314 e. The number of carbonyl (C=O) groups is 1. The van der Waals surface area contributed by atoms with Crippen molar-refractivity contribution in [2.24, 2.45) is 0 Å². The van der Waals surface area contributed by atoms with Gasteiger partial charge in [-0.1, -0.05) is 12.1 Å². The second-order valence-electron chi connectivity index (χ2n) is 4.45. The van der Waals surface area contributed by atoms with E-state index in [1.54, 1.807) is 12.1 Å². The molecule has 2 rings (SSSR count). The van der Waals surface area contributed by atoms with Gasteiger partial charge in [0.05, 0.1) is 11.0 Å². The van der Waals surface area contributed by atoms with E-state index in [4.69, 9.17) is 0 Å². The topological polar surface area (TPSA) is 32.3 Å². The Hall–Kier alpha value is -0.780. The molecule has 3 nitrogen and oxygen atoms in total. The fourth-order valence-electron chi connectivity index (χ4n) is 2.07. The summed E-state index contributed by atoms with van der Waals surface area (Å²) in [5, 5.41) is 3.24. The van der Waals surface area contributed by atoms with Crippen LogP contribution in [0.25, 0.3) is 0 Å². The molecule has 0 saturated carbocycles. The van der Waals surface area contributed by atoms with Gasteiger partial charge >= 0.3 is 0 Å². The Balaban J connectivity index is 1.92. The van der Waals surface area contributed by atoms with E-state index >= 15 is 0 Å². The molecule has 0 atom stereocenters. The first-order valence-electron chi connectivity index (χ1n) is 6.04. The molecule has 0 aromatic heterocycles. The number of Topliss-reactive ketones (excluding diaryl/α,β-unsaturated/α-hetero) is 1. The van der Waals surface area contributed by atoms with E-state index in [2.05, 4.69) is 26.1 Å². The molecule has 5 heteroatoms. The highest BCUT2D eigenvalue weighted by Crippen LogP contribution is 2.21. The number of rotatable bonds is 4. The Labute approximate surface area is 114 Å². The number of halogens is 2. The van der Waals surface area contributed by atoms with Gasteiger partial charge in [0.25, 0.3) is 0 Å². The van der Waals surface area contributed by atoms with Gasteiger partial charge in [0, 0.05) is 32.6 Å². The Bertz CT molecular complexity index is 433. The van der Waals surface area contributed by atoms with Gasteiger partial charge in [0.1, 0.15) is 5.82 Å². The Morgan fingerprint density at radius 3 is 2.83 bits per heavy atom. The molecule has 1 saturated heterocycles. The first kappa shape index (κ1) is 13.6. The zero-order valence-corrected chi connectivity index (χ0v) is 11.7. The number of carbonyl (C=O) groups excluding carboxylic acids is 1. The lowest BCUT2D eigenvalue weighted by Crippen LogP contribution is -2.45. The molecular formula is C13H16BrFN2O. The fourth-order valence-corrected chi connectivity index (χ4v) is 2.48. The molecular weight excluding hydrogens is 299 g/mol. The van der Waals surface area contributed by atoms with E-state index in [-0.39, 0.29) is 18.0 Å². The van der Waals surface area contributed by atoms with Crippen LogP contribution in [0.3, 0.4) is 0 Å². The summed E-state index contributed by atoms with van der Waals surface area (Å²) in [5.41, 5.74) is 0.718. The summed E-state index contributed by atoms with van der Waals surface area (Å²) in [4.78, 5) is 14.1. The van der Waals surface area contributed by atoms with E-state index in [1.807, 2.05) is 0 Å². The van der Waals surface area contributed by atoms with Crippen LogP contribution in [0.4, 0.5) is 4.39 Å². The lowest BCUT2D eigenvalue weighted by atomic mass is 10.1. The molecule has 1 aromatic rings. The summed E-state index contributed by atoms with van der Waals surface area (Å²) in [6, 6.07) is 4.80. The maximum atomic E-state index is 13.3. The summed E-state index contributed by atoms with van der Waals surface area (Å²) < 4.78 is 13.7. The Morgan fingerprint density at radius 2 is 2.11 bits per heavy atom. The van der Waals surface area contributed by atoms with Gasteiger partial charge in [-0.05, 0) is 27.6 Å². The molecule has 0 aliphatic carbocycles. The van der Waals surface area contributed by atoms with E-state index in [0.29, 0.717) is 11.0 Å². The minimum absolute atomic E-state index is 0.128. The highest BCUT2D eigenvalue weighted by Gasteiger charge is 2.15. The zero-order valence-electron chi connectivity index (χ0n) is 10.1. The summed E-state index contributed by atoms with van der Waals surface area (Å²) in [5.74, 6) is -0.189. The van der Waals surface area contributed by atoms with Crippen molar-refractivity contribution in [1.82, 2.24) is 10.2 Å². The van der Waals surface area contributed by atoms with Crippen molar-refractivity contribution in [3.05, 3.63) is 34.1 Å². The van der Waals surface area contributed by atoms with Gasteiger partial charge in [0.15, 0.2) is 5.78 Å². The van der Waals surface area contributed by atoms with Crippen LogP contribution in [-0.2, 0) is 11.2 Å². The number of nitrogens with one attached hydrogen (secondary N) is 1. The van der Waals surface area contributed by atoms with Gasteiger partial charge < -0.3 is 5.32 Å². The van der Waals surface area contributed by atoms with Crippen LogP contribution < -0.4 is 5.32 Å². The summed E-state index contributed by atoms with van der Waals surface area (Å²) >= 11 is 3.18. The second kappa shape index (κ2) is 6.41. The highest BCUT2D eigenvalue weighted by molar-refractivity contribution is 9.10. The summed E-state index contributed by atoms with van der Waals surface area (Å²) in [6.07, 6.45) is 0.280. The summed E-state index contributed by atoms with van der Waals surface area (Å²) in [7, 11) is 0. The molecule has 1 aromatic carbocycles. The van der Waals surface area contributed by atoms with Crippen LogP contribution in [0.1, 0.15) is 5.56 Å². The average molecular weight is 315 g/mol. The number of hydrogen-bond donors (Lipinski definition) is 1. The first-order chi connectivity index (χ1) is 8.66. The van der Waals surface area contributed by atoms with Crippen molar-refractivity contribution in [1.29, 1.82) is 0 Å². The molecule has 1 aliphatic rings. The summed E-state index contributed by atoms with van der Waals surface area (Å²) in [6.45, 7) is 4.10. The molecule has 0 bridgehead atoms. The highest BCUT2D eigenvalue weighted by atomic mass is 79.9. The standard InChI is InChI=1S/C13H16BrFN2O/c14-13-10(2-1-3-12(13)15)8-11(18)9-17-6-4-16-5-7-17/h1-3,16H,4-9H2. The van der Waals surface area contributed by atoms with Crippen LogP contribution in [0.5, 0.6) is 0 Å². The molecule has 1 N–H and O–H groups in total. The van der Waals surface area contributed by atoms with E-state index in [0.717, 1.165) is 31.7 Å². The fraction of sp³-hybridized carbons (Fsp3) is 0.462. The van der Waals surface area contributed by atoms with Crippen LogP contribution >= 0.6 is 15.9 Å². The molecule has 98 valence electrons. The number of piperazine rings is 1. The van der Waals surface area contributed by atoms with Gasteiger partial charge in [-0.2, -0.15) is 0 Å². The number of nitrogens with zero attached hydrogens (tertiary/aromatic N) is 1. The van der Waals surface area contributed by atoms with Gasteiger partial charge in [-0.3, -0.25) is 9.69 Å². The van der Waals surface area contributed by atoms with Crippen molar-refractivity contribution >= 4 is 21.7 Å². The molecule has 1 heterocycles. The van der Waals surface area contributed by atoms with E-state index < -0.39 is 0 Å². The van der Waals surface area contributed by atoms with Crippen LogP contribution in [0.2, 0.25) is 0 Å². The predicted octanol–water partition coefficient (Wildman–Crippen LogP) is 1.60. The van der Waals surface area contributed by atoms with E-state index in [1.165, 1.54) is 6.07 Å². The number of ketones is 1. The number of benzene rings is 1. The maximum absolute atomic E-state index is 13.3. The van der Waals surface area contributed by atoms with Crippen molar-refractivity contribution in [2.45, 2.75) is 6.42 Å². The van der Waals surface area contributed by atoms with Crippen molar-refractivity contribution in [3.63, 3.8) is 0 Å². The third kappa shape index (κ3) is 3.60. The monoisotopic (exact) mass is 314 g/mol. The maximum Gasteiger partial charge on any atom is 0.151 e.